The maximum atomic E-state index is 12.9. The lowest BCUT2D eigenvalue weighted by atomic mass is 10.0. The molecule has 0 bridgehead atoms. The number of carbonyl (C=O) groups excluding carboxylic acids is 2. The largest absolute Gasteiger partial charge is 0.348 e. The van der Waals surface area contributed by atoms with Crippen LogP contribution in [-0.2, 0) is 19.6 Å². The molecule has 2 N–H and O–H groups in total. The number of hydrogen-bond acceptors (Lipinski definition) is 4. The third-order valence-corrected chi connectivity index (χ3v) is 6.53. The summed E-state index contributed by atoms with van der Waals surface area (Å²) in [5, 5.41) is 5.16. The molecule has 0 radical (unpaired) electrons. The predicted octanol–water partition coefficient (Wildman–Crippen LogP) is 1.51. The van der Waals surface area contributed by atoms with E-state index in [0.29, 0.717) is 19.5 Å². The lowest BCUT2D eigenvalue weighted by molar-refractivity contribution is -0.139. The summed E-state index contributed by atoms with van der Waals surface area (Å²) in [6.07, 6.45) is 3.01. The predicted molar refractivity (Wildman–Crippen MR) is 103 cm³/mol. The van der Waals surface area contributed by atoms with Gasteiger partial charge in [0, 0.05) is 25.7 Å². The fourth-order valence-corrected chi connectivity index (χ4v) is 4.86. The summed E-state index contributed by atoms with van der Waals surface area (Å²) in [6.45, 7) is 5.08. The Morgan fingerprint density at radius 2 is 1.78 bits per heavy atom. The monoisotopic (exact) mass is 395 g/mol. The fourth-order valence-electron chi connectivity index (χ4n) is 3.12. The molecule has 0 saturated carbocycles. The fraction of sp³-hybridized carbons (Fsp3) is 0.579. The highest BCUT2D eigenvalue weighted by molar-refractivity contribution is 7.89. The number of amides is 2. The number of piperidine rings is 1. The van der Waals surface area contributed by atoms with E-state index in [4.69, 9.17) is 0 Å². The van der Waals surface area contributed by atoms with Crippen LogP contribution >= 0.6 is 0 Å². The average Bonchev–Trinajstić information content (AvgIpc) is 2.67. The van der Waals surface area contributed by atoms with Gasteiger partial charge in [0.2, 0.25) is 10.0 Å². The zero-order valence-corrected chi connectivity index (χ0v) is 16.8. The molecule has 0 spiro atoms. The number of nitrogens with one attached hydrogen (secondary N) is 2. The first-order chi connectivity index (χ1) is 12.8. The van der Waals surface area contributed by atoms with E-state index in [9.17, 15) is 18.0 Å². The van der Waals surface area contributed by atoms with Crippen molar-refractivity contribution in [3.8, 4) is 0 Å². The Bertz CT molecular complexity index is 735. The summed E-state index contributed by atoms with van der Waals surface area (Å²) in [7, 11) is -3.56. The maximum absolute atomic E-state index is 12.9. The topological polar surface area (TPSA) is 95.6 Å². The molecule has 8 heteroatoms. The van der Waals surface area contributed by atoms with Gasteiger partial charge in [-0.05, 0) is 37.3 Å². The summed E-state index contributed by atoms with van der Waals surface area (Å²) in [5.41, 5.74) is 0. The number of sulfonamides is 1. The van der Waals surface area contributed by atoms with Gasteiger partial charge in [-0.1, -0.05) is 38.5 Å². The van der Waals surface area contributed by atoms with Crippen LogP contribution in [0.3, 0.4) is 0 Å². The highest BCUT2D eigenvalue weighted by Crippen LogP contribution is 2.26. The Morgan fingerprint density at radius 1 is 1.11 bits per heavy atom. The molecule has 1 aromatic carbocycles. The lowest BCUT2D eigenvalue weighted by Crippen LogP contribution is -2.46. The van der Waals surface area contributed by atoms with Gasteiger partial charge < -0.3 is 10.6 Å². The second kappa shape index (κ2) is 9.85. The number of carbonyl (C=O) groups is 2. The quantitative estimate of drug-likeness (QED) is 0.684. The molecule has 1 aliphatic rings. The molecule has 1 heterocycles. The molecule has 2 rings (SSSR count). The molecule has 1 aliphatic heterocycles. The molecule has 150 valence electrons. The van der Waals surface area contributed by atoms with Crippen molar-refractivity contribution >= 4 is 21.8 Å². The van der Waals surface area contributed by atoms with Crippen LogP contribution < -0.4 is 10.6 Å². The average molecular weight is 396 g/mol. The van der Waals surface area contributed by atoms with Crippen molar-refractivity contribution < 1.29 is 18.0 Å². The van der Waals surface area contributed by atoms with Gasteiger partial charge in [0.15, 0.2) is 0 Å². The molecule has 2 amide bonds. The van der Waals surface area contributed by atoms with E-state index in [2.05, 4.69) is 10.6 Å². The molecular formula is C19H29N3O4S. The van der Waals surface area contributed by atoms with Crippen molar-refractivity contribution in [2.75, 3.05) is 19.6 Å². The van der Waals surface area contributed by atoms with Crippen LogP contribution in [0.25, 0.3) is 0 Å². The molecule has 0 unspecified atom stereocenters. The third kappa shape index (κ3) is 6.04. The van der Waals surface area contributed by atoms with E-state index in [1.165, 1.54) is 4.31 Å². The normalized spacial score (nSPS) is 18.3. The minimum Gasteiger partial charge on any atom is -0.348 e. The van der Waals surface area contributed by atoms with E-state index in [1.807, 2.05) is 13.8 Å². The zero-order valence-electron chi connectivity index (χ0n) is 16.0. The highest BCUT2D eigenvalue weighted by Gasteiger charge is 2.33. The van der Waals surface area contributed by atoms with Crippen LogP contribution in [0.5, 0.6) is 0 Å². The second-order valence-electron chi connectivity index (χ2n) is 7.23. The molecule has 0 aromatic heterocycles. The summed E-state index contributed by atoms with van der Waals surface area (Å²) in [6, 6.07) is 8.22. The standard InChI is InChI=1S/C19H29N3O4S/c1-15(2)14-21-19(24)18(23)20-12-11-16-8-6-7-13-22(16)27(25,26)17-9-4-3-5-10-17/h3-5,9-10,15-16H,6-8,11-14H2,1-2H3,(H,20,23)(H,21,24)/t16-/m0/s1. The van der Waals surface area contributed by atoms with Crippen LogP contribution in [0.1, 0.15) is 39.5 Å². The molecular weight excluding hydrogens is 366 g/mol. The minimum atomic E-state index is -3.56. The van der Waals surface area contributed by atoms with Crippen molar-refractivity contribution in [1.29, 1.82) is 0 Å². The van der Waals surface area contributed by atoms with Gasteiger partial charge in [0.25, 0.3) is 0 Å². The van der Waals surface area contributed by atoms with E-state index < -0.39 is 21.8 Å². The van der Waals surface area contributed by atoms with Gasteiger partial charge in [0.1, 0.15) is 0 Å². The molecule has 0 aliphatic carbocycles. The van der Waals surface area contributed by atoms with E-state index in [1.54, 1.807) is 30.3 Å². The molecule has 1 fully saturated rings. The second-order valence-corrected chi connectivity index (χ2v) is 9.12. The Kier molecular flexibility index (Phi) is 7.79. The number of rotatable bonds is 7. The van der Waals surface area contributed by atoms with E-state index >= 15 is 0 Å². The number of hydrogen-bond donors (Lipinski definition) is 2. The SMILES string of the molecule is CC(C)CNC(=O)C(=O)NCC[C@@H]1CCCCN1S(=O)(=O)c1ccccc1. The Labute approximate surface area is 161 Å². The van der Waals surface area contributed by atoms with Crippen LogP contribution in [0.2, 0.25) is 0 Å². The first-order valence-corrected chi connectivity index (χ1v) is 10.9. The molecule has 1 aromatic rings. The summed E-state index contributed by atoms with van der Waals surface area (Å²) < 4.78 is 27.4. The van der Waals surface area contributed by atoms with E-state index in [-0.39, 0.29) is 23.4 Å². The van der Waals surface area contributed by atoms with Gasteiger partial charge in [-0.15, -0.1) is 0 Å². The molecule has 7 nitrogen and oxygen atoms in total. The smallest absolute Gasteiger partial charge is 0.309 e. The van der Waals surface area contributed by atoms with Gasteiger partial charge in [0.05, 0.1) is 4.90 Å². The van der Waals surface area contributed by atoms with Crippen LogP contribution in [0.4, 0.5) is 0 Å². The van der Waals surface area contributed by atoms with Crippen molar-refractivity contribution in [2.24, 2.45) is 5.92 Å². The third-order valence-electron chi connectivity index (χ3n) is 4.56. The van der Waals surface area contributed by atoms with Crippen LogP contribution in [0.15, 0.2) is 35.2 Å². The Morgan fingerprint density at radius 3 is 2.44 bits per heavy atom. The Hall–Kier alpha value is -1.93. The van der Waals surface area contributed by atoms with Gasteiger partial charge in [-0.2, -0.15) is 4.31 Å². The van der Waals surface area contributed by atoms with Crippen molar-refractivity contribution in [1.82, 2.24) is 14.9 Å². The van der Waals surface area contributed by atoms with Crippen molar-refractivity contribution in [2.45, 2.75) is 50.5 Å². The van der Waals surface area contributed by atoms with Crippen LogP contribution in [-0.4, -0.2) is 50.2 Å². The van der Waals surface area contributed by atoms with E-state index in [0.717, 1.165) is 19.3 Å². The number of nitrogens with zero attached hydrogens (tertiary/aromatic N) is 1. The first-order valence-electron chi connectivity index (χ1n) is 9.45. The van der Waals surface area contributed by atoms with Gasteiger partial charge in [-0.25, -0.2) is 8.42 Å². The molecule has 1 atom stereocenters. The van der Waals surface area contributed by atoms with Crippen LogP contribution in [0, 0.1) is 5.92 Å². The van der Waals surface area contributed by atoms with Crippen molar-refractivity contribution in [3.05, 3.63) is 30.3 Å². The summed E-state index contributed by atoms with van der Waals surface area (Å²) >= 11 is 0. The highest BCUT2D eigenvalue weighted by atomic mass is 32.2. The maximum Gasteiger partial charge on any atom is 0.309 e. The molecule has 1 saturated heterocycles. The summed E-state index contributed by atoms with van der Waals surface area (Å²) in [5.74, 6) is -1.06. The lowest BCUT2D eigenvalue weighted by Gasteiger charge is -2.34. The minimum absolute atomic E-state index is 0.178. The van der Waals surface area contributed by atoms with Gasteiger partial charge >= 0.3 is 11.8 Å². The molecule has 27 heavy (non-hydrogen) atoms. The van der Waals surface area contributed by atoms with Crippen molar-refractivity contribution in [3.63, 3.8) is 0 Å². The summed E-state index contributed by atoms with van der Waals surface area (Å²) in [4.78, 5) is 23.8. The van der Waals surface area contributed by atoms with Gasteiger partial charge in [-0.3, -0.25) is 9.59 Å². The number of benzene rings is 1. The Balaban J connectivity index is 1.92. The first kappa shape index (κ1) is 21.4. The zero-order chi connectivity index (χ0) is 19.9.